The molecule has 146 valence electrons. The van der Waals surface area contributed by atoms with Gasteiger partial charge in [0.05, 0.1) is 28.4 Å². The van der Waals surface area contributed by atoms with Crippen molar-refractivity contribution in [1.82, 2.24) is 14.3 Å². The maximum atomic E-state index is 13.1. The normalized spacial score (nSPS) is 11.0. The van der Waals surface area contributed by atoms with E-state index in [-0.39, 0.29) is 22.4 Å². The summed E-state index contributed by atoms with van der Waals surface area (Å²) in [4.78, 5) is 25.5. The van der Waals surface area contributed by atoms with E-state index in [2.05, 4.69) is 5.10 Å². The molecule has 4 rings (SSSR count). The van der Waals surface area contributed by atoms with Gasteiger partial charge in [0.15, 0.2) is 0 Å². The first kappa shape index (κ1) is 19.2. The van der Waals surface area contributed by atoms with Crippen LogP contribution in [0.15, 0.2) is 59.7 Å². The van der Waals surface area contributed by atoms with E-state index in [1.807, 2.05) is 25.1 Å². The summed E-state index contributed by atoms with van der Waals surface area (Å²) in [5, 5.41) is 5.16. The van der Waals surface area contributed by atoms with Crippen LogP contribution in [-0.4, -0.2) is 27.4 Å². The molecule has 0 spiro atoms. The lowest BCUT2D eigenvalue weighted by atomic mass is 10.1. The Bertz CT molecular complexity index is 1280. The second-order valence-corrected chi connectivity index (χ2v) is 7.30. The second-order valence-electron chi connectivity index (χ2n) is 6.49. The zero-order valence-electron chi connectivity index (χ0n) is 15.5. The molecular formula is C21H15Cl2N3O3. The molecule has 0 aromatic heterocycles. The van der Waals surface area contributed by atoms with Gasteiger partial charge in [0.1, 0.15) is 11.3 Å². The molecule has 0 N–H and O–H groups in total. The number of aromatic nitrogens is 3. The highest BCUT2D eigenvalue weighted by Gasteiger charge is 2.25. The Morgan fingerprint density at radius 1 is 1.03 bits per heavy atom. The number of hydrogen-bond acceptors (Lipinski definition) is 4. The number of rotatable bonds is 3. The summed E-state index contributed by atoms with van der Waals surface area (Å²) in [6, 6.07) is 12.4. The minimum absolute atomic E-state index is 0.166. The van der Waals surface area contributed by atoms with Gasteiger partial charge in [0, 0.05) is 18.1 Å². The monoisotopic (exact) mass is 427 g/mol. The number of hydrogen-bond donors (Lipinski definition) is 0. The molecule has 2 aromatic rings. The zero-order chi connectivity index (χ0) is 20.7. The maximum absolute atomic E-state index is 13.1. The summed E-state index contributed by atoms with van der Waals surface area (Å²) in [5.41, 5.74) is 2.60. The Balaban J connectivity index is 2.00. The molecule has 0 saturated carbocycles. The number of esters is 1. The van der Waals surface area contributed by atoms with Crippen LogP contribution in [0.1, 0.15) is 15.9 Å². The fourth-order valence-corrected chi connectivity index (χ4v) is 3.39. The summed E-state index contributed by atoms with van der Waals surface area (Å²) >= 11 is 12.1. The standard InChI is InChI=1S/C21H15Cl2N3O3/c1-12-4-3-5-14(8-12)26-20(27)15-10-25(13-6-7-17(22)18(23)9-13)11-16(19(15)24-26)21(28)29-2/h3-11H,1-2H3. The van der Waals surface area contributed by atoms with E-state index in [1.165, 1.54) is 11.8 Å². The molecule has 0 bridgehead atoms. The van der Waals surface area contributed by atoms with Gasteiger partial charge >= 0.3 is 5.97 Å². The van der Waals surface area contributed by atoms with Crippen molar-refractivity contribution in [2.75, 3.05) is 7.11 Å². The van der Waals surface area contributed by atoms with Crippen LogP contribution in [0.4, 0.5) is 0 Å². The van der Waals surface area contributed by atoms with E-state index >= 15 is 0 Å². The van der Waals surface area contributed by atoms with E-state index < -0.39 is 5.97 Å². The van der Waals surface area contributed by atoms with Gasteiger partial charge in [0.25, 0.3) is 5.56 Å². The van der Waals surface area contributed by atoms with Crippen LogP contribution in [0.5, 0.6) is 0 Å². The van der Waals surface area contributed by atoms with E-state index in [9.17, 15) is 9.59 Å². The highest BCUT2D eigenvalue weighted by atomic mass is 35.5. The number of nitrogens with zero attached hydrogens (tertiary/aromatic N) is 3. The average molecular weight is 428 g/mol. The zero-order valence-corrected chi connectivity index (χ0v) is 17.0. The highest BCUT2D eigenvalue weighted by Crippen LogP contribution is 2.28. The summed E-state index contributed by atoms with van der Waals surface area (Å²) < 4.78 is 7.81. The van der Waals surface area contributed by atoms with Crippen molar-refractivity contribution in [2.45, 2.75) is 6.92 Å². The van der Waals surface area contributed by atoms with Crippen molar-refractivity contribution in [1.29, 1.82) is 0 Å². The topological polar surface area (TPSA) is 66.1 Å². The fraction of sp³-hybridized carbons (Fsp3) is 0.0952. The van der Waals surface area contributed by atoms with E-state index in [0.29, 0.717) is 21.4 Å². The van der Waals surface area contributed by atoms with Crippen LogP contribution in [-0.2, 0) is 4.74 Å². The number of carbonyl (C=O) groups excluding carboxylic acids is 1. The van der Waals surface area contributed by atoms with Gasteiger partial charge in [-0.15, -0.1) is 0 Å². The van der Waals surface area contributed by atoms with Gasteiger partial charge < -0.3 is 9.30 Å². The molecule has 0 atom stereocenters. The lowest BCUT2D eigenvalue weighted by Gasteiger charge is -2.12. The maximum Gasteiger partial charge on any atom is 0.341 e. The third-order valence-electron chi connectivity index (χ3n) is 4.52. The van der Waals surface area contributed by atoms with Crippen LogP contribution in [0.3, 0.4) is 0 Å². The molecule has 8 heteroatoms. The Morgan fingerprint density at radius 3 is 2.52 bits per heavy atom. The Morgan fingerprint density at radius 2 is 1.83 bits per heavy atom. The van der Waals surface area contributed by atoms with Crippen LogP contribution in [0.2, 0.25) is 10.0 Å². The summed E-state index contributed by atoms with van der Waals surface area (Å²) in [6.07, 6.45) is 3.17. The number of methoxy groups -OCH3 is 1. The third kappa shape index (κ3) is 3.41. The first-order valence-corrected chi connectivity index (χ1v) is 9.40. The van der Waals surface area contributed by atoms with Crippen molar-refractivity contribution in [3.63, 3.8) is 0 Å². The minimum Gasteiger partial charge on any atom is -0.465 e. The first-order valence-electron chi connectivity index (χ1n) is 8.65. The molecule has 0 radical (unpaired) electrons. The molecule has 0 unspecified atom stereocenters. The highest BCUT2D eigenvalue weighted by molar-refractivity contribution is 6.42. The molecule has 2 heterocycles. The van der Waals surface area contributed by atoms with Crippen molar-refractivity contribution in [2.24, 2.45) is 0 Å². The molecule has 0 aliphatic carbocycles. The minimum atomic E-state index is -0.599. The van der Waals surface area contributed by atoms with Gasteiger partial charge in [0.2, 0.25) is 0 Å². The lowest BCUT2D eigenvalue weighted by Crippen LogP contribution is -2.15. The molecule has 0 saturated heterocycles. The van der Waals surface area contributed by atoms with Crippen LogP contribution in [0.25, 0.3) is 22.6 Å². The molecule has 2 aliphatic heterocycles. The predicted molar refractivity (Wildman–Crippen MR) is 112 cm³/mol. The van der Waals surface area contributed by atoms with Gasteiger partial charge in [-0.1, -0.05) is 35.3 Å². The third-order valence-corrected chi connectivity index (χ3v) is 5.26. The quantitative estimate of drug-likeness (QED) is 0.450. The average Bonchev–Trinajstić information content (AvgIpc) is 3.05. The molecular weight excluding hydrogens is 413 g/mol. The number of benzene rings is 2. The lowest BCUT2D eigenvalue weighted by molar-refractivity contribution is 0.0600. The predicted octanol–water partition coefficient (Wildman–Crippen LogP) is 4.53. The summed E-state index contributed by atoms with van der Waals surface area (Å²) in [5.74, 6) is -0.599. The number of fused-ring (bicyclic) bond motifs is 1. The van der Waals surface area contributed by atoms with Crippen molar-refractivity contribution >= 4 is 29.2 Å². The Labute approximate surface area is 176 Å². The number of aryl methyl sites for hydroxylation is 1. The van der Waals surface area contributed by atoms with E-state index in [4.69, 9.17) is 27.9 Å². The van der Waals surface area contributed by atoms with Gasteiger partial charge in [-0.05, 0) is 42.8 Å². The van der Waals surface area contributed by atoms with Crippen molar-refractivity contribution in [3.8, 4) is 22.6 Å². The first-order chi connectivity index (χ1) is 13.9. The SMILES string of the molecule is COC(=O)c1cn(-c2ccc(Cl)c(Cl)c2)cc2c(=O)n(-c3cccc(C)c3)nc1-2. The van der Waals surface area contributed by atoms with Crippen LogP contribution >= 0.6 is 23.2 Å². The number of carbonyl (C=O) groups is 1. The van der Waals surface area contributed by atoms with E-state index in [1.54, 1.807) is 41.2 Å². The fourth-order valence-electron chi connectivity index (χ4n) is 3.10. The second kappa shape index (κ2) is 7.39. The Hall–Kier alpha value is -3.09. The molecule has 2 aliphatic rings. The molecule has 6 nitrogen and oxygen atoms in total. The van der Waals surface area contributed by atoms with Crippen LogP contribution in [0, 0.1) is 6.92 Å². The molecule has 2 aromatic carbocycles. The largest absolute Gasteiger partial charge is 0.465 e. The molecule has 0 amide bonds. The van der Waals surface area contributed by atoms with Crippen LogP contribution < -0.4 is 5.56 Å². The molecule has 0 fully saturated rings. The van der Waals surface area contributed by atoms with E-state index in [0.717, 1.165) is 5.56 Å². The molecule has 29 heavy (non-hydrogen) atoms. The smallest absolute Gasteiger partial charge is 0.341 e. The van der Waals surface area contributed by atoms with Crippen molar-refractivity contribution in [3.05, 3.63) is 86.4 Å². The van der Waals surface area contributed by atoms with Gasteiger partial charge in [-0.3, -0.25) is 4.79 Å². The summed E-state index contributed by atoms with van der Waals surface area (Å²) in [7, 11) is 1.28. The Kier molecular flexibility index (Phi) is 4.90. The number of pyridine rings is 1. The number of halogens is 2. The van der Waals surface area contributed by atoms with Crippen molar-refractivity contribution < 1.29 is 9.53 Å². The number of ether oxygens (including phenoxy) is 1. The van der Waals surface area contributed by atoms with Gasteiger partial charge in [-0.25, -0.2) is 4.79 Å². The van der Waals surface area contributed by atoms with Gasteiger partial charge in [-0.2, -0.15) is 9.78 Å². The summed E-state index contributed by atoms with van der Waals surface area (Å²) in [6.45, 7) is 1.93.